The van der Waals surface area contributed by atoms with Crippen LogP contribution in [0.25, 0.3) is 0 Å². The smallest absolute Gasteiger partial charge is 0.435 e. The Balaban J connectivity index is 1.58. The minimum atomic E-state index is -4.77. The fraction of sp³-hybridized carbons (Fsp3) is 0.350. The van der Waals surface area contributed by atoms with E-state index in [2.05, 4.69) is 10.1 Å². The highest BCUT2D eigenvalue weighted by atomic mass is 35.5. The number of oxime groups is 1. The molecule has 3 heterocycles. The van der Waals surface area contributed by atoms with Crippen LogP contribution in [0.5, 0.6) is 0 Å². The van der Waals surface area contributed by atoms with Crippen LogP contribution in [-0.4, -0.2) is 34.5 Å². The molecule has 0 radical (unpaired) electrons. The van der Waals surface area contributed by atoms with Crippen LogP contribution in [0.1, 0.15) is 40.5 Å². The number of amidine groups is 1. The summed E-state index contributed by atoms with van der Waals surface area (Å²) in [7, 11) is 0. The van der Waals surface area contributed by atoms with Gasteiger partial charge in [0.15, 0.2) is 0 Å². The number of pyridine rings is 1. The topological polar surface area (TPSA) is 64.0 Å². The fourth-order valence-corrected chi connectivity index (χ4v) is 4.15. The molecule has 164 valence electrons. The molecule has 0 fully saturated rings. The Morgan fingerprint density at radius 3 is 2.52 bits per heavy atom. The van der Waals surface area contributed by atoms with Gasteiger partial charge in [0.05, 0.1) is 13.0 Å². The maximum Gasteiger partial charge on any atom is 0.435 e. The number of rotatable bonds is 3. The van der Waals surface area contributed by atoms with Gasteiger partial charge in [-0.25, -0.2) is 9.78 Å². The predicted octanol–water partition coefficient (Wildman–Crippen LogP) is 5.07. The number of carbonyl (C=O) groups excluding carboxylic acids is 1. The van der Waals surface area contributed by atoms with Crippen molar-refractivity contribution in [2.75, 3.05) is 6.61 Å². The molecule has 2 aromatic rings. The first kappa shape index (κ1) is 21.7. The lowest BCUT2D eigenvalue weighted by atomic mass is 9.89. The van der Waals surface area contributed by atoms with Gasteiger partial charge < -0.3 is 14.5 Å². The van der Waals surface area contributed by atoms with E-state index in [-0.39, 0.29) is 46.8 Å². The van der Waals surface area contributed by atoms with Crippen molar-refractivity contribution >= 4 is 35.0 Å². The molecule has 2 aliphatic heterocycles. The van der Waals surface area contributed by atoms with Crippen molar-refractivity contribution in [1.82, 2.24) is 9.88 Å². The second kappa shape index (κ2) is 7.87. The molecule has 1 aromatic heterocycles. The highest BCUT2D eigenvalue weighted by Gasteiger charge is 2.63. The maximum absolute atomic E-state index is 14.1. The summed E-state index contributed by atoms with van der Waals surface area (Å²) >= 11 is 11.9. The number of fused-ring (bicyclic) bond motifs is 1. The Labute approximate surface area is 185 Å². The molecule has 0 amide bonds. The number of esters is 1. The second-order valence-electron chi connectivity index (χ2n) is 7.17. The van der Waals surface area contributed by atoms with Gasteiger partial charge in [-0.05, 0) is 42.3 Å². The Hall–Kier alpha value is -2.52. The number of ether oxygens (including phenoxy) is 1. The first-order valence-electron chi connectivity index (χ1n) is 9.31. The third-order valence-corrected chi connectivity index (χ3v) is 5.59. The van der Waals surface area contributed by atoms with Gasteiger partial charge in [-0.2, -0.15) is 13.2 Å². The normalized spacial score (nSPS) is 20.3. The molecule has 1 aromatic carbocycles. The van der Waals surface area contributed by atoms with Gasteiger partial charge in [0, 0.05) is 34.9 Å². The summed E-state index contributed by atoms with van der Waals surface area (Å²) in [6, 6.07) is 5.28. The van der Waals surface area contributed by atoms with Gasteiger partial charge in [0.2, 0.25) is 0 Å². The van der Waals surface area contributed by atoms with Crippen LogP contribution in [0, 0.1) is 0 Å². The number of carbonyl (C=O) groups is 1. The van der Waals surface area contributed by atoms with E-state index in [4.69, 9.17) is 32.8 Å². The monoisotopic (exact) mass is 473 g/mol. The molecule has 4 rings (SSSR count). The van der Waals surface area contributed by atoms with Crippen LogP contribution in [0.2, 0.25) is 10.0 Å². The van der Waals surface area contributed by atoms with Crippen molar-refractivity contribution in [3.8, 4) is 0 Å². The number of nitrogens with zero attached hydrogens (tertiary/aromatic N) is 3. The summed E-state index contributed by atoms with van der Waals surface area (Å²) in [6.45, 7) is 2.45. The fourth-order valence-electron chi connectivity index (χ4n) is 3.63. The largest absolute Gasteiger partial charge is 0.461 e. The summed E-state index contributed by atoms with van der Waals surface area (Å²) in [5.74, 6) is -0.429. The molecule has 0 N–H and O–H groups in total. The van der Waals surface area contributed by atoms with E-state index in [0.717, 1.165) is 11.1 Å². The summed E-state index contributed by atoms with van der Waals surface area (Å²) in [5, 5.41) is 3.90. The zero-order valence-electron chi connectivity index (χ0n) is 16.2. The molecule has 11 heteroatoms. The molecular weight excluding hydrogens is 458 g/mol. The molecule has 6 nitrogen and oxygen atoms in total. The number of hydrogen-bond donors (Lipinski definition) is 0. The first-order chi connectivity index (χ1) is 14.6. The number of benzene rings is 1. The Morgan fingerprint density at radius 1 is 1.19 bits per heavy atom. The van der Waals surface area contributed by atoms with Crippen LogP contribution >= 0.6 is 23.2 Å². The molecular formula is C20H16Cl2F3N3O3. The average molecular weight is 474 g/mol. The molecule has 1 unspecified atom stereocenters. The van der Waals surface area contributed by atoms with Gasteiger partial charge in [0.25, 0.3) is 5.60 Å². The van der Waals surface area contributed by atoms with Crippen molar-refractivity contribution in [3.05, 3.63) is 62.9 Å². The number of aromatic nitrogens is 1. The third kappa shape index (κ3) is 3.92. The lowest BCUT2D eigenvalue weighted by Gasteiger charge is -2.30. The van der Waals surface area contributed by atoms with E-state index in [9.17, 15) is 18.0 Å². The molecule has 0 bridgehead atoms. The van der Waals surface area contributed by atoms with Crippen LogP contribution in [0.4, 0.5) is 13.2 Å². The van der Waals surface area contributed by atoms with Crippen LogP contribution < -0.4 is 0 Å². The maximum atomic E-state index is 14.1. The number of alkyl halides is 3. The third-order valence-electron chi connectivity index (χ3n) is 5.16. The van der Waals surface area contributed by atoms with Crippen LogP contribution in [0.15, 0.2) is 35.6 Å². The van der Waals surface area contributed by atoms with Gasteiger partial charge in [-0.3, -0.25) is 0 Å². The molecule has 0 saturated heterocycles. The van der Waals surface area contributed by atoms with Gasteiger partial charge >= 0.3 is 12.1 Å². The lowest BCUT2D eigenvalue weighted by molar-refractivity contribution is -0.275. The Kier molecular flexibility index (Phi) is 5.51. The van der Waals surface area contributed by atoms with Crippen LogP contribution in [-0.2, 0) is 28.3 Å². The van der Waals surface area contributed by atoms with Crippen molar-refractivity contribution < 1.29 is 27.5 Å². The molecule has 1 atom stereocenters. The molecule has 2 aliphatic rings. The van der Waals surface area contributed by atoms with E-state index < -0.39 is 24.2 Å². The molecule has 0 spiro atoms. The predicted molar refractivity (Wildman–Crippen MR) is 107 cm³/mol. The van der Waals surface area contributed by atoms with E-state index >= 15 is 0 Å². The summed E-state index contributed by atoms with van der Waals surface area (Å²) in [6.07, 6.45) is -3.79. The second-order valence-corrected chi connectivity index (χ2v) is 8.05. The van der Waals surface area contributed by atoms with Crippen molar-refractivity contribution in [2.24, 2.45) is 5.16 Å². The van der Waals surface area contributed by atoms with Gasteiger partial charge in [-0.1, -0.05) is 28.4 Å². The summed E-state index contributed by atoms with van der Waals surface area (Å²) < 4.78 is 47.4. The minimum Gasteiger partial charge on any atom is -0.461 e. The van der Waals surface area contributed by atoms with Crippen molar-refractivity contribution in [1.29, 1.82) is 0 Å². The zero-order chi connectivity index (χ0) is 22.4. The van der Waals surface area contributed by atoms with E-state index in [1.165, 1.54) is 24.4 Å². The van der Waals surface area contributed by atoms with Gasteiger partial charge in [-0.15, -0.1) is 0 Å². The first-order valence-corrected chi connectivity index (χ1v) is 10.1. The Bertz CT molecular complexity index is 1060. The summed E-state index contributed by atoms with van der Waals surface area (Å²) in [4.78, 5) is 22.7. The molecule has 0 aliphatic carbocycles. The highest BCUT2D eigenvalue weighted by molar-refractivity contribution is 6.34. The molecule has 0 saturated carbocycles. The Morgan fingerprint density at radius 2 is 1.87 bits per heavy atom. The van der Waals surface area contributed by atoms with Crippen LogP contribution in [0.3, 0.4) is 0 Å². The number of hydrogen-bond acceptors (Lipinski definition) is 6. The zero-order valence-corrected chi connectivity index (χ0v) is 17.7. The minimum absolute atomic E-state index is 0.0642. The lowest BCUT2D eigenvalue weighted by Crippen LogP contribution is -2.43. The van der Waals surface area contributed by atoms with Crippen molar-refractivity contribution in [2.45, 2.75) is 38.2 Å². The van der Waals surface area contributed by atoms with E-state index in [1.807, 2.05) is 0 Å². The summed E-state index contributed by atoms with van der Waals surface area (Å²) in [5.41, 5.74) is -1.23. The standard InChI is InChI=1S/C20H16Cl2F3N3O3/c1-2-30-18(29)16-3-11-9-28(10-12(11)8-26-16)17-7-19(31-27-17,20(23,24)25)13-4-14(21)6-15(22)5-13/h3-6,8H,2,7,9-10H2,1H3. The van der Waals surface area contributed by atoms with E-state index in [1.54, 1.807) is 17.9 Å². The van der Waals surface area contributed by atoms with Gasteiger partial charge in [0.1, 0.15) is 11.5 Å². The SMILES string of the molecule is CCOC(=O)c1cc2c(cn1)CN(C1=NOC(c3cc(Cl)cc(Cl)c3)(C(F)(F)F)C1)C2. The number of halogens is 5. The van der Waals surface area contributed by atoms with Crippen molar-refractivity contribution in [3.63, 3.8) is 0 Å². The molecule has 31 heavy (non-hydrogen) atoms. The van der Waals surface area contributed by atoms with E-state index in [0.29, 0.717) is 0 Å². The quantitative estimate of drug-likeness (QED) is 0.582. The average Bonchev–Trinajstić information content (AvgIpc) is 3.31. The highest BCUT2D eigenvalue weighted by Crippen LogP contribution is 2.49.